The van der Waals surface area contributed by atoms with Crippen LogP contribution in [0.1, 0.15) is 44.5 Å². The SMILES string of the molecule is CCCC(Cc1nc(C(C)OC)no1)NC. The van der Waals surface area contributed by atoms with E-state index < -0.39 is 0 Å². The Bertz CT molecular complexity index is 301. The lowest BCUT2D eigenvalue weighted by atomic mass is 10.1. The zero-order valence-corrected chi connectivity index (χ0v) is 10.5. The number of aromatic nitrogens is 2. The van der Waals surface area contributed by atoms with Crippen molar-refractivity contribution in [1.82, 2.24) is 15.5 Å². The molecular weight excluding hydrogens is 206 g/mol. The third-order valence-corrected chi connectivity index (χ3v) is 2.67. The molecule has 1 heterocycles. The summed E-state index contributed by atoms with van der Waals surface area (Å²) in [5.41, 5.74) is 0. The lowest BCUT2D eigenvalue weighted by Gasteiger charge is -2.11. The van der Waals surface area contributed by atoms with Crippen molar-refractivity contribution in [2.45, 2.75) is 45.3 Å². The Balaban J connectivity index is 2.56. The second kappa shape index (κ2) is 6.60. The van der Waals surface area contributed by atoms with Gasteiger partial charge in [-0.25, -0.2) is 0 Å². The first-order valence-electron chi connectivity index (χ1n) is 5.73. The third kappa shape index (κ3) is 3.57. The molecule has 2 unspecified atom stereocenters. The van der Waals surface area contributed by atoms with E-state index in [1.807, 2.05) is 14.0 Å². The Hall–Kier alpha value is -0.940. The maximum Gasteiger partial charge on any atom is 0.228 e. The summed E-state index contributed by atoms with van der Waals surface area (Å²) < 4.78 is 10.3. The van der Waals surface area contributed by atoms with Gasteiger partial charge in [0, 0.05) is 19.6 Å². The van der Waals surface area contributed by atoms with Gasteiger partial charge in [0.25, 0.3) is 0 Å². The fraction of sp³-hybridized carbons (Fsp3) is 0.818. The van der Waals surface area contributed by atoms with E-state index in [1.54, 1.807) is 7.11 Å². The molecule has 0 spiro atoms. The summed E-state index contributed by atoms with van der Waals surface area (Å²) in [6, 6.07) is 0.399. The first-order valence-corrected chi connectivity index (χ1v) is 5.73. The minimum absolute atomic E-state index is 0.114. The second-order valence-electron chi connectivity index (χ2n) is 3.90. The first kappa shape index (κ1) is 13.1. The molecule has 16 heavy (non-hydrogen) atoms. The molecule has 0 aromatic carbocycles. The average molecular weight is 227 g/mol. The van der Waals surface area contributed by atoms with Crippen LogP contribution in [0.4, 0.5) is 0 Å². The highest BCUT2D eigenvalue weighted by Gasteiger charge is 2.15. The standard InChI is InChI=1S/C11H21N3O2/c1-5-6-9(12-3)7-10-13-11(14-16-10)8(2)15-4/h8-9,12H,5-7H2,1-4H3. The first-order chi connectivity index (χ1) is 7.71. The molecule has 1 aromatic heterocycles. The van der Waals surface area contributed by atoms with E-state index in [2.05, 4.69) is 22.4 Å². The molecular formula is C11H21N3O2. The van der Waals surface area contributed by atoms with Crippen molar-refractivity contribution >= 4 is 0 Å². The predicted molar refractivity (Wildman–Crippen MR) is 61.2 cm³/mol. The van der Waals surface area contributed by atoms with E-state index in [0.717, 1.165) is 19.3 Å². The maximum absolute atomic E-state index is 5.19. The molecule has 1 N–H and O–H groups in total. The van der Waals surface area contributed by atoms with E-state index in [4.69, 9.17) is 9.26 Å². The van der Waals surface area contributed by atoms with Crippen molar-refractivity contribution in [2.75, 3.05) is 14.2 Å². The zero-order valence-electron chi connectivity index (χ0n) is 10.5. The van der Waals surface area contributed by atoms with Gasteiger partial charge in [-0.3, -0.25) is 0 Å². The van der Waals surface area contributed by atoms with E-state index in [-0.39, 0.29) is 6.10 Å². The van der Waals surface area contributed by atoms with Crippen molar-refractivity contribution in [1.29, 1.82) is 0 Å². The van der Waals surface area contributed by atoms with Gasteiger partial charge in [0.15, 0.2) is 5.82 Å². The molecule has 2 atom stereocenters. The normalized spacial score (nSPS) is 15.0. The fourth-order valence-corrected chi connectivity index (χ4v) is 1.53. The summed E-state index contributed by atoms with van der Waals surface area (Å²) >= 11 is 0. The largest absolute Gasteiger partial charge is 0.374 e. The van der Waals surface area contributed by atoms with Gasteiger partial charge >= 0.3 is 0 Å². The number of nitrogens with one attached hydrogen (secondary N) is 1. The minimum atomic E-state index is -0.114. The van der Waals surface area contributed by atoms with Crippen LogP contribution in [-0.4, -0.2) is 30.3 Å². The van der Waals surface area contributed by atoms with E-state index in [0.29, 0.717) is 17.8 Å². The molecule has 5 nitrogen and oxygen atoms in total. The average Bonchev–Trinajstić information content (AvgIpc) is 2.76. The number of rotatable bonds is 7. The van der Waals surface area contributed by atoms with Crippen molar-refractivity contribution in [3.05, 3.63) is 11.7 Å². The molecule has 0 fully saturated rings. The monoisotopic (exact) mass is 227 g/mol. The van der Waals surface area contributed by atoms with Gasteiger partial charge in [0.05, 0.1) is 0 Å². The number of hydrogen-bond acceptors (Lipinski definition) is 5. The van der Waals surface area contributed by atoms with Crippen LogP contribution >= 0.6 is 0 Å². The molecule has 1 aromatic rings. The van der Waals surface area contributed by atoms with Gasteiger partial charge in [-0.2, -0.15) is 4.98 Å². The molecule has 0 bridgehead atoms. The van der Waals surface area contributed by atoms with Crippen LogP contribution in [0.3, 0.4) is 0 Å². The Morgan fingerprint density at radius 1 is 1.50 bits per heavy atom. The van der Waals surface area contributed by atoms with Crippen LogP contribution in [0.5, 0.6) is 0 Å². The summed E-state index contributed by atoms with van der Waals surface area (Å²) in [5, 5.41) is 7.14. The summed E-state index contributed by atoms with van der Waals surface area (Å²) in [6.45, 7) is 4.06. The summed E-state index contributed by atoms with van der Waals surface area (Å²) in [6.07, 6.45) is 2.90. The van der Waals surface area contributed by atoms with Crippen LogP contribution in [0.2, 0.25) is 0 Å². The van der Waals surface area contributed by atoms with Gasteiger partial charge in [-0.05, 0) is 20.4 Å². The number of ether oxygens (including phenoxy) is 1. The molecule has 0 aliphatic heterocycles. The highest BCUT2D eigenvalue weighted by atomic mass is 16.5. The van der Waals surface area contributed by atoms with E-state index in [1.165, 1.54) is 0 Å². The molecule has 0 aliphatic carbocycles. The van der Waals surface area contributed by atoms with Crippen LogP contribution in [0, 0.1) is 0 Å². The summed E-state index contributed by atoms with van der Waals surface area (Å²) in [5.74, 6) is 1.29. The lowest BCUT2D eigenvalue weighted by Crippen LogP contribution is -2.27. The van der Waals surface area contributed by atoms with Crippen LogP contribution < -0.4 is 5.32 Å². The van der Waals surface area contributed by atoms with Crippen LogP contribution in [0.25, 0.3) is 0 Å². The molecule has 0 aliphatic rings. The predicted octanol–water partition coefficient (Wildman–Crippen LogP) is 1.71. The third-order valence-electron chi connectivity index (χ3n) is 2.67. The number of likely N-dealkylation sites (N-methyl/N-ethyl adjacent to an activating group) is 1. The quantitative estimate of drug-likeness (QED) is 0.768. The molecule has 1 rings (SSSR count). The molecule has 5 heteroatoms. The molecule has 0 radical (unpaired) electrons. The van der Waals surface area contributed by atoms with Crippen LogP contribution in [-0.2, 0) is 11.2 Å². The van der Waals surface area contributed by atoms with Crippen molar-refractivity contribution in [3.63, 3.8) is 0 Å². The van der Waals surface area contributed by atoms with Gasteiger partial charge in [-0.15, -0.1) is 0 Å². The fourth-order valence-electron chi connectivity index (χ4n) is 1.53. The van der Waals surface area contributed by atoms with E-state index in [9.17, 15) is 0 Å². The summed E-state index contributed by atoms with van der Waals surface area (Å²) in [4.78, 5) is 4.31. The Labute approximate surface area is 96.6 Å². The van der Waals surface area contributed by atoms with Crippen molar-refractivity contribution in [2.24, 2.45) is 0 Å². The Morgan fingerprint density at radius 2 is 2.25 bits per heavy atom. The lowest BCUT2D eigenvalue weighted by molar-refractivity contribution is 0.109. The maximum atomic E-state index is 5.19. The number of hydrogen-bond donors (Lipinski definition) is 1. The zero-order chi connectivity index (χ0) is 12.0. The van der Waals surface area contributed by atoms with E-state index >= 15 is 0 Å². The topological polar surface area (TPSA) is 60.2 Å². The highest BCUT2D eigenvalue weighted by Crippen LogP contribution is 2.13. The smallest absolute Gasteiger partial charge is 0.228 e. The second-order valence-corrected chi connectivity index (χ2v) is 3.90. The van der Waals surface area contributed by atoms with Gasteiger partial charge in [0.1, 0.15) is 6.10 Å². The summed E-state index contributed by atoms with van der Waals surface area (Å²) in [7, 11) is 3.59. The van der Waals surface area contributed by atoms with Crippen LogP contribution in [0.15, 0.2) is 4.52 Å². The Kier molecular flexibility index (Phi) is 5.42. The molecule has 0 amide bonds. The number of nitrogens with zero attached hydrogens (tertiary/aromatic N) is 2. The van der Waals surface area contributed by atoms with Gasteiger partial charge in [0.2, 0.25) is 5.89 Å². The molecule has 0 saturated carbocycles. The van der Waals surface area contributed by atoms with Gasteiger partial charge in [-0.1, -0.05) is 18.5 Å². The molecule has 92 valence electrons. The van der Waals surface area contributed by atoms with Crippen molar-refractivity contribution < 1.29 is 9.26 Å². The van der Waals surface area contributed by atoms with Gasteiger partial charge < -0.3 is 14.6 Å². The molecule has 0 saturated heterocycles. The highest BCUT2D eigenvalue weighted by molar-refractivity contribution is 4.92. The Morgan fingerprint density at radius 3 is 2.81 bits per heavy atom. The number of methoxy groups -OCH3 is 1. The minimum Gasteiger partial charge on any atom is -0.374 e. The van der Waals surface area contributed by atoms with Crippen molar-refractivity contribution in [3.8, 4) is 0 Å².